The molecule has 8 heteroatoms. The van der Waals surface area contributed by atoms with Crippen LogP contribution in [0.1, 0.15) is 10.5 Å². The van der Waals surface area contributed by atoms with Gasteiger partial charge in [-0.2, -0.15) is 0 Å². The van der Waals surface area contributed by atoms with Gasteiger partial charge in [0.15, 0.2) is 4.96 Å². The van der Waals surface area contributed by atoms with Gasteiger partial charge in [0.2, 0.25) is 0 Å². The van der Waals surface area contributed by atoms with Gasteiger partial charge in [-0.05, 0) is 0 Å². The maximum Gasteiger partial charge on any atom is 0.273 e. The Morgan fingerprint density at radius 2 is 2.09 bits per heavy atom. The van der Waals surface area contributed by atoms with Gasteiger partial charge in [-0.1, -0.05) is 11.6 Å². The summed E-state index contributed by atoms with van der Waals surface area (Å²) in [7, 11) is 3.01. The van der Waals surface area contributed by atoms with Crippen molar-refractivity contribution in [3.8, 4) is 11.5 Å². The minimum Gasteiger partial charge on any atom is -0.495 e. The molecule has 3 rings (SSSR count). The van der Waals surface area contributed by atoms with E-state index in [2.05, 4.69) is 10.3 Å². The summed E-state index contributed by atoms with van der Waals surface area (Å²) in [6.07, 6.45) is 3.38. The van der Waals surface area contributed by atoms with Crippen LogP contribution < -0.4 is 14.8 Å². The van der Waals surface area contributed by atoms with Crippen LogP contribution in [0.25, 0.3) is 4.96 Å². The van der Waals surface area contributed by atoms with Crippen LogP contribution in [0.4, 0.5) is 5.69 Å². The number of fused-ring (bicyclic) bond motifs is 1. The molecule has 0 saturated heterocycles. The molecule has 0 aliphatic rings. The minimum atomic E-state index is -0.271. The summed E-state index contributed by atoms with van der Waals surface area (Å²) in [5, 5.41) is 4.96. The summed E-state index contributed by atoms with van der Waals surface area (Å²) >= 11 is 7.44. The van der Waals surface area contributed by atoms with Crippen molar-refractivity contribution in [2.24, 2.45) is 0 Å². The molecule has 2 heterocycles. The van der Waals surface area contributed by atoms with E-state index in [1.807, 2.05) is 0 Å². The Hall–Kier alpha value is -2.25. The first kappa shape index (κ1) is 14.7. The number of rotatable bonds is 4. The van der Waals surface area contributed by atoms with Gasteiger partial charge < -0.3 is 14.8 Å². The maximum atomic E-state index is 12.5. The highest BCUT2D eigenvalue weighted by Gasteiger charge is 2.16. The van der Waals surface area contributed by atoms with Crippen molar-refractivity contribution in [2.75, 3.05) is 19.5 Å². The number of halogens is 1. The topological polar surface area (TPSA) is 64.9 Å². The van der Waals surface area contributed by atoms with E-state index >= 15 is 0 Å². The molecule has 114 valence electrons. The van der Waals surface area contributed by atoms with E-state index in [-0.39, 0.29) is 5.91 Å². The first-order chi connectivity index (χ1) is 10.6. The minimum absolute atomic E-state index is 0.271. The number of imidazole rings is 1. The van der Waals surface area contributed by atoms with Crippen LogP contribution in [0.3, 0.4) is 0 Å². The molecule has 0 bridgehead atoms. The summed E-state index contributed by atoms with van der Waals surface area (Å²) in [4.78, 5) is 17.4. The van der Waals surface area contributed by atoms with Gasteiger partial charge in [-0.25, -0.2) is 4.98 Å². The molecule has 0 aliphatic carbocycles. The van der Waals surface area contributed by atoms with E-state index in [4.69, 9.17) is 21.1 Å². The number of nitrogens with zero attached hydrogens (tertiary/aromatic N) is 2. The van der Waals surface area contributed by atoms with Crippen LogP contribution >= 0.6 is 22.9 Å². The van der Waals surface area contributed by atoms with E-state index in [0.717, 1.165) is 4.96 Å². The molecule has 3 aromatic rings. The van der Waals surface area contributed by atoms with Crippen LogP contribution in [-0.2, 0) is 0 Å². The monoisotopic (exact) mass is 337 g/mol. The lowest BCUT2D eigenvalue weighted by molar-refractivity contribution is 0.102. The predicted octanol–water partition coefficient (Wildman–Crippen LogP) is 3.32. The Bertz CT molecular complexity index is 843. The van der Waals surface area contributed by atoms with Crippen molar-refractivity contribution in [1.29, 1.82) is 0 Å². The second kappa shape index (κ2) is 5.86. The highest BCUT2D eigenvalue weighted by molar-refractivity contribution is 7.15. The molecular formula is C14H12ClN3O3S. The fourth-order valence-corrected chi connectivity index (χ4v) is 3.10. The van der Waals surface area contributed by atoms with Crippen LogP contribution in [-0.4, -0.2) is 29.5 Å². The molecule has 1 amide bonds. The SMILES string of the molecule is COc1cc(NC(=O)c2csc3nccn23)c(OC)cc1Cl. The smallest absolute Gasteiger partial charge is 0.273 e. The molecule has 0 atom stereocenters. The Kier molecular flexibility index (Phi) is 3.91. The van der Waals surface area contributed by atoms with Gasteiger partial charge in [0.1, 0.15) is 17.2 Å². The average molecular weight is 338 g/mol. The van der Waals surface area contributed by atoms with E-state index in [1.54, 1.807) is 34.3 Å². The first-order valence-electron chi connectivity index (χ1n) is 6.27. The lowest BCUT2D eigenvalue weighted by Crippen LogP contribution is -2.14. The van der Waals surface area contributed by atoms with Gasteiger partial charge >= 0.3 is 0 Å². The quantitative estimate of drug-likeness (QED) is 0.793. The zero-order chi connectivity index (χ0) is 15.7. The third kappa shape index (κ3) is 2.49. The van der Waals surface area contributed by atoms with Crippen LogP contribution in [0.2, 0.25) is 5.02 Å². The molecule has 2 aromatic heterocycles. The number of carbonyl (C=O) groups excluding carboxylic acids is 1. The van der Waals surface area contributed by atoms with Gasteiger partial charge in [-0.15, -0.1) is 11.3 Å². The molecule has 0 saturated carbocycles. The molecular weight excluding hydrogens is 326 g/mol. The van der Waals surface area contributed by atoms with E-state index in [1.165, 1.54) is 25.6 Å². The van der Waals surface area contributed by atoms with Crippen molar-refractivity contribution >= 4 is 39.5 Å². The fourth-order valence-electron chi connectivity index (χ4n) is 2.03. The third-order valence-electron chi connectivity index (χ3n) is 3.10. The van der Waals surface area contributed by atoms with Gasteiger partial charge in [-0.3, -0.25) is 9.20 Å². The molecule has 6 nitrogen and oxygen atoms in total. The van der Waals surface area contributed by atoms with E-state index in [0.29, 0.717) is 27.9 Å². The van der Waals surface area contributed by atoms with Gasteiger partial charge in [0.25, 0.3) is 5.91 Å². The molecule has 0 fully saturated rings. The lowest BCUT2D eigenvalue weighted by atomic mass is 10.2. The van der Waals surface area contributed by atoms with Crippen molar-refractivity contribution in [3.63, 3.8) is 0 Å². The number of amides is 1. The third-order valence-corrected chi connectivity index (χ3v) is 4.25. The zero-order valence-corrected chi connectivity index (χ0v) is 13.4. The number of methoxy groups -OCH3 is 2. The van der Waals surface area contributed by atoms with Crippen LogP contribution in [0, 0.1) is 0 Å². The van der Waals surface area contributed by atoms with Crippen molar-refractivity contribution in [2.45, 2.75) is 0 Å². The summed E-state index contributed by atoms with van der Waals surface area (Å²) in [5.41, 5.74) is 0.974. The highest BCUT2D eigenvalue weighted by atomic mass is 35.5. The van der Waals surface area contributed by atoms with Crippen molar-refractivity contribution in [3.05, 3.63) is 40.6 Å². The fraction of sp³-hybridized carbons (Fsp3) is 0.143. The number of aromatic nitrogens is 2. The summed E-state index contributed by atoms with van der Waals surface area (Å²) in [6.45, 7) is 0. The molecule has 1 aromatic carbocycles. The number of ether oxygens (including phenoxy) is 2. The normalized spacial score (nSPS) is 10.7. The second-order valence-corrected chi connectivity index (χ2v) is 5.59. The van der Waals surface area contributed by atoms with Crippen LogP contribution in [0.15, 0.2) is 29.9 Å². The highest BCUT2D eigenvalue weighted by Crippen LogP contribution is 2.36. The Balaban J connectivity index is 1.95. The van der Waals surface area contributed by atoms with Crippen molar-refractivity contribution in [1.82, 2.24) is 9.38 Å². The van der Waals surface area contributed by atoms with Gasteiger partial charge in [0, 0.05) is 29.9 Å². The molecule has 0 unspecified atom stereocenters. The number of anilines is 1. The number of hydrogen-bond acceptors (Lipinski definition) is 5. The largest absolute Gasteiger partial charge is 0.495 e. The number of benzene rings is 1. The van der Waals surface area contributed by atoms with Crippen molar-refractivity contribution < 1.29 is 14.3 Å². The lowest BCUT2D eigenvalue weighted by Gasteiger charge is -2.12. The van der Waals surface area contributed by atoms with Crippen LogP contribution in [0.5, 0.6) is 11.5 Å². The number of nitrogens with one attached hydrogen (secondary N) is 1. The number of hydrogen-bond donors (Lipinski definition) is 1. The first-order valence-corrected chi connectivity index (χ1v) is 7.53. The maximum absolute atomic E-state index is 12.5. The second-order valence-electron chi connectivity index (χ2n) is 4.34. The zero-order valence-electron chi connectivity index (χ0n) is 11.8. The molecule has 0 aliphatic heterocycles. The Labute approximate surface area is 135 Å². The summed E-state index contributed by atoms with van der Waals surface area (Å²) in [5.74, 6) is 0.638. The number of carbonyl (C=O) groups is 1. The molecule has 0 radical (unpaired) electrons. The van der Waals surface area contributed by atoms with Gasteiger partial charge in [0.05, 0.1) is 24.9 Å². The van der Waals surface area contributed by atoms with E-state index < -0.39 is 0 Å². The molecule has 0 spiro atoms. The summed E-state index contributed by atoms with van der Waals surface area (Å²) in [6, 6.07) is 3.22. The summed E-state index contributed by atoms with van der Waals surface area (Å²) < 4.78 is 12.1. The Morgan fingerprint density at radius 3 is 2.82 bits per heavy atom. The number of thiazole rings is 1. The standard InChI is InChI=1S/C14H12ClN3O3S/c1-20-11-6-9(12(21-2)5-8(11)15)17-13(19)10-7-22-14-16-3-4-18(10)14/h3-7H,1-2H3,(H,17,19). The average Bonchev–Trinajstić information content (AvgIpc) is 3.11. The molecule has 22 heavy (non-hydrogen) atoms. The molecule has 1 N–H and O–H groups in total. The van der Waals surface area contributed by atoms with E-state index in [9.17, 15) is 4.79 Å². The Morgan fingerprint density at radius 1 is 1.32 bits per heavy atom. The predicted molar refractivity (Wildman–Crippen MR) is 85.6 cm³/mol.